The highest BCUT2D eigenvalue weighted by Crippen LogP contribution is 2.30. The molecule has 0 atom stereocenters. The largest absolute Gasteiger partial charge is 0.366 e. The molecule has 42 heavy (non-hydrogen) atoms. The lowest BCUT2D eigenvalue weighted by Gasteiger charge is -2.37. The van der Waals surface area contributed by atoms with Gasteiger partial charge in [-0.2, -0.15) is 5.10 Å². The predicted molar refractivity (Wildman–Crippen MR) is 162 cm³/mol. The summed E-state index contributed by atoms with van der Waals surface area (Å²) in [6.07, 6.45) is 4.03. The molecule has 0 spiro atoms. The van der Waals surface area contributed by atoms with E-state index in [0.29, 0.717) is 61.8 Å². The summed E-state index contributed by atoms with van der Waals surface area (Å²) in [4.78, 5) is 49.9. The lowest BCUT2D eigenvalue weighted by atomic mass is 9.92. The second-order valence-corrected chi connectivity index (χ2v) is 11.9. The van der Waals surface area contributed by atoms with Crippen molar-refractivity contribution in [2.45, 2.75) is 32.6 Å². The Morgan fingerprint density at radius 3 is 2.33 bits per heavy atom. The van der Waals surface area contributed by atoms with E-state index in [2.05, 4.69) is 46.4 Å². The number of benzene rings is 1. The number of rotatable bonds is 5. The number of carbonyl (C=O) groups excluding carboxylic acids is 3. The quantitative estimate of drug-likeness (QED) is 0.483. The minimum absolute atomic E-state index is 0.0434. The highest BCUT2D eigenvalue weighted by Gasteiger charge is 2.29. The molecule has 2 saturated heterocycles. The summed E-state index contributed by atoms with van der Waals surface area (Å²) < 4.78 is 1.66. The molecule has 11 nitrogen and oxygen atoms in total. The molecule has 2 aliphatic rings. The van der Waals surface area contributed by atoms with E-state index in [1.165, 1.54) is 6.20 Å². The monoisotopic (exact) mass is 572 g/mol. The van der Waals surface area contributed by atoms with Crippen LogP contribution in [0.4, 0.5) is 11.4 Å². The standard InChI is InChI=1S/C31H40N8O3/c1-31(2,3)27-20-26(36(4)35-27)30(42)39-17-15-37(16-18-39)25-9-8-22(29(41)38-13-6-11-32-12-14-38)19-24(25)34-28(40)23-7-5-10-33-21-23/h5,7-10,19-21,32H,6,11-18H2,1-4H3,(H,34,40). The van der Waals surface area contributed by atoms with Crippen LogP contribution in [0.2, 0.25) is 0 Å². The molecule has 0 saturated carbocycles. The lowest BCUT2D eigenvalue weighted by molar-refractivity contribution is 0.0733. The molecule has 4 heterocycles. The van der Waals surface area contributed by atoms with Crippen LogP contribution in [-0.4, -0.2) is 94.6 Å². The Morgan fingerprint density at radius 1 is 0.881 bits per heavy atom. The Kier molecular flexibility index (Phi) is 8.58. The SMILES string of the molecule is Cn1nc(C(C)(C)C)cc1C(=O)N1CCN(c2ccc(C(=O)N3CCCNCC3)cc2NC(=O)c2cccnc2)CC1. The van der Waals surface area contributed by atoms with Gasteiger partial charge in [0.1, 0.15) is 5.69 Å². The molecule has 11 heteroatoms. The zero-order valence-electron chi connectivity index (χ0n) is 24.9. The van der Waals surface area contributed by atoms with Gasteiger partial charge in [-0.05, 0) is 49.4 Å². The predicted octanol–water partition coefficient (Wildman–Crippen LogP) is 2.76. The van der Waals surface area contributed by atoms with Crippen molar-refractivity contribution in [2.75, 3.05) is 62.6 Å². The van der Waals surface area contributed by atoms with Gasteiger partial charge < -0.3 is 25.3 Å². The van der Waals surface area contributed by atoms with Crippen LogP contribution in [0.5, 0.6) is 0 Å². The highest BCUT2D eigenvalue weighted by atomic mass is 16.2. The number of piperazine rings is 1. The van der Waals surface area contributed by atoms with Crippen LogP contribution in [0, 0.1) is 0 Å². The summed E-state index contributed by atoms with van der Waals surface area (Å²) in [5.41, 5.74) is 3.63. The van der Waals surface area contributed by atoms with Gasteiger partial charge in [-0.25, -0.2) is 0 Å². The average Bonchev–Trinajstić information content (AvgIpc) is 3.20. The fourth-order valence-electron chi connectivity index (χ4n) is 5.31. The topological polar surface area (TPSA) is 116 Å². The van der Waals surface area contributed by atoms with Gasteiger partial charge in [-0.1, -0.05) is 20.8 Å². The van der Waals surface area contributed by atoms with Crippen molar-refractivity contribution in [3.05, 3.63) is 71.3 Å². The van der Waals surface area contributed by atoms with Crippen molar-refractivity contribution in [1.29, 1.82) is 0 Å². The first kappa shape index (κ1) is 29.2. The van der Waals surface area contributed by atoms with Crippen molar-refractivity contribution >= 4 is 29.1 Å². The van der Waals surface area contributed by atoms with E-state index < -0.39 is 0 Å². The number of carbonyl (C=O) groups is 3. The number of pyridine rings is 1. The maximum absolute atomic E-state index is 13.4. The Morgan fingerprint density at radius 2 is 1.64 bits per heavy atom. The normalized spacial score (nSPS) is 16.2. The Balaban J connectivity index is 1.35. The molecule has 0 bridgehead atoms. The van der Waals surface area contributed by atoms with Crippen LogP contribution in [-0.2, 0) is 12.5 Å². The molecular formula is C31H40N8O3. The number of amides is 3. The number of aryl methyl sites for hydroxylation is 1. The number of nitrogens with one attached hydrogen (secondary N) is 2. The Labute approximate surface area is 246 Å². The van der Waals surface area contributed by atoms with Crippen LogP contribution in [0.3, 0.4) is 0 Å². The minimum Gasteiger partial charge on any atom is -0.366 e. The molecule has 2 fully saturated rings. The number of aromatic nitrogens is 3. The zero-order chi connectivity index (χ0) is 29.9. The molecule has 5 rings (SSSR count). The fraction of sp³-hybridized carbons (Fsp3) is 0.452. The Bertz CT molecular complexity index is 1430. The summed E-state index contributed by atoms with van der Waals surface area (Å²) in [7, 11) is 1.81. The van der Waals surface area contributed by atoms with Gasteiger partial charge in [0, 0.05) is 76.2 Å². The third-order valence-corrected chi connectivity index (χ3v) is 7.82. The first-order valence-electron chi connectivity index (χ1n) is 14.6. The average molecular weight is 573 g/mol. The molecule has 1 aromatic carbocycles. The van der Waals surface area contributed by atoms with Crippen LogP contribution in [0.25, 0.3) is 0 Å². The molecular weight excluding hydrogens is 532 g/mol. The second kappa shape index (κ2) is 12.3. The van der Waals surface area contributed by atoms with Crippen LogP contribution >= 0.6 is 0 Å². The van der Waals surface area contributed by atoms with Crippen molar-refractivity contribution in [3.63, 3.8) is 0 Å². The molecule has 3 amide bonds. The van der Waals surface area contributed by atoms with Crippen LogP contribution in [0.15, 0.2) is 48.8 Å². The van der Waals surface area contributed by atoms with Crippen LogP contribution < -0.4 is 15.5 Å². The second-order valence-electron chi connectivity index (χ2n) is 11.9. The van der Waals surface area contributed by atoms with Crippen molar-refractivity contribution in [3.8, 4) is 0 Å². The molecule has 2 aromatic heterocycles. The van der Waals surface area contributed by atoms with Gasteiger partial charge in [0.15, 0.2) is 0 Å². The molecule has 0 radical (unpaired) electrons. The van der Waals surface area contributed by atoms with E-state index in [1.54, 1.807) is 36.1 Å². The maximum atomic E-state index is 13.4. The van der Waals surface area contributed by atoms with Gasteiger partial charge >= 0.3 is 0 Å². The number of anilines is 2. The van der Waals surface area contributed by atoms with Gasteiger partial charge in [-0.3, -0.25) is 24.0 Å². The van der Waals surface area contributed by atoms with Gasteiger partial charge in [0.25, 0.3) is 17.7 Å². The molecule has 0 unspecified atom stereocenters. The molecule has 2 aliphatic heterocycles. The fourth-order valence-corrected chi connectivity index (χ4v) is 5.31. The van der Waals surface area contributed by atoms with Crippen molar-refractivity contribution in [1.82, 2.24) is 29.9 Å². The smallest absolute Gasteiger partial charge is 0.272 e. The number of nitrogens with zero attached hydrogens (tertiary/aromatic N) is 6. The van der Waals surface area contributed by atoms with Gasteiger partial charge in [0.2, 0.25) is 0 Å². The third-order valence-electron chi connectivity index (χ3n) is 7.82. The Hall–Kier alpha value is -4.25. The summed E-state index contributed by atoms with van der Waals surface area (Å²) >= 11 is 0. The molecule has 222 valence electrons. The minimum atomic E-state index is -0.299. The summed E-state index contributed by atoms with van der Waals surface area (Å²) in [5, 5.41) is 10.9. The maximum Gasteiger partial charge on any atom is 0.272 e. The first-order chi connectivity index (χ1) is 20.1. The first-order valence-corrected chi connectivity index (χ1v) is 14.6. The molecule has 2 N–H and O–H groups in total. The summed E-state index contributed by atoms with van der Waals surface area (Å²) in [6, 6.07) is 10.8. The van der Waals surface area contributed by atoms with E-state index in [4.69, 9.17) is 0 Å². The molecule has 0 aliphatic carbocycles. The zero-order valence-corrected chi connectivity index (χ0v) is 24.9. The van der Waals surface area contributed by atoms with Crippen molar-refractivity contribution < 1.29 is 14.4 Å². The van der Waals surface area contributed by atoms with E-state index in [-0.39, 0.29) is 23.1 Å². The van der Waals surface area contributed by atoms with Gasteiger partial charge in [-0.15, -0.1) is 0 Å². The van der Waals surface area contributed by atoms with Gasteiger partial charge in [0.05, 0.1) is 22.6 Å². The van der Waals surface area contributed by atoms with E-state index >= 15 is 0 Å². The van der Waals surface area contributed by atoms with Crippen molar-refractivity contribution in [2.24, 2.45) is 7.05 Å². The number of hydrogen-bond acceptors (Lipinski definition) is 7. The summed E-state index contributed by atoms with van der Waals surface area (Å²) in [5.74, 6) is -0.394. The van der Waals surface area contributed by atoms with E-state index in [9.17, 15) is 14.4 Å². The lowest BCUT2D eigenvalue weighted by Crippen LogP contribution is -2.49. The summed E-state index contributed by atoms with van der Waals surface area (Å²) in [6.45, 7) is 11.4. The highest BCUT2D eigenvalue weighted by molar-refractivity contribution is 6.07. The third kappa shape index (κ3) is 6.46. The van der Waals surface area contributed by atoms with Crippen LogP contribution in [0.1, 0.15) is 64.1 Å². The van der Waals surface area contributed by atoms with E-state index in [0.717, 1.165) is 30.9 Å². The van der Waals surface area contributed by atoms with E-state index in [1.807, 2.05) is 28.0 Å². The molecule has 3 aromatic rings. The number of hydrogen-bond donors (Lipinski definition) is 2.